The summed E-state index contributed by atoms with van der Waals surface area (Å²) in [6.45, 7) is 1.83. The number of hydrogen-bond donors (Lipinski definition) is 1. The van der Waals surface area contributed by atoms with Gasteiger partial charge in [-0.15, -0.1) is 0 Å². The van der Waals surface area contributed by atoms with Gasteiger partial charge in [0.25, 0.3) is 5.91 Å². The number of fused-ring (bicyclic) bond motifs is 1. The molecule has 2 heterocycles. The predicted octanol–water partition coefficient (Wildman–Crippen LogP) is 3.23. The summed E-state index contributed by atoms with van der Waals surface area (Å²) in [6, 6.07) is 11.0. The summed E-state index contributed by atoms with van der Waals surface area (Å²) in [5.41, 5.74) is 2.20. The molecule has 2 aromatic rings. The Morgan fingerprint density at radius 3 is 2.91 bits per heavy atom. The van der Waals surface area contributed by atoms with Crippen molar-refractivity contribution >= 4 is 29.2 Å². The monoisotopic (exact) mass is 297 g/mol. The number of furan rings is 1. The van der Waals surface area contributed by atoms with Crippen LogP contribution < -0.4 is 5.32 Å². The van der Waals surface area contributed by atoms with E-state index in [-0.39, 0.29) is 18.5 Å². The van der Waals surface area contributed by atoms with Gasteiger partial charge in [0.05, 0.1) is 5.57 Å². The lowest BCUT2D eigenvalue weighted by molar-refractivity contribution is -0.145. The van der Waals surface area contributed by atoms with Gasteiger partial charge in [-0.1, -0.05) is 25.1 Å². The fraction of sp³-hybridized carbons (Fsp3) is 0.176. The summed E-state index contributed by atoms with van der Waals surface area (Å²) in [7, 11) is 0. The number of rotatable bonds is 4. The van der Waals surface area contributed by atoms with Crippen LogP contribution >= 0.6 is 0 Å². The van der Waals surface area contributed by atoms with E-state index in [0.29, 0.717) is 23.5 Å². The third kappa shape index (κ3) is 2.79. The number of para-hydroxylation sites is 1. The molecule has 0 saturated heterocycles. The topological polar surface area (TPSA) is 68.5 Å². The Hall–Kier alpha value is -2.82. The van der Waals surface area contributed by atoms with E-state index in [9.17, 15) is 9.59 Å². The van der Waals surface area contributed by atoms with Crippen LogP contribution in [0.4, 0.5) is 5.69 Å². The summed E-state index contributed by atoms with van der Waals surface area (Å²) in [6.07, 6.45) is 2.01. The van der Waals surface area contributed by atoms with Gasteiger partial charge < -0.3 is 14.5 Å². The average molecular weight is 297 g/mol. The third-order valence-corrected chi connectivity index (χ3v) is 3.34. The SMILES string of the molecule is CCC(=O)OCc1ccc(/C=C2\C(=O)Nc3ccccc32)o1. The Morgan fingerprint density at radius 2 is 2.09 bits per heavy atom. The Kier molecular flexibility index (Phi) is 3.78. The van der Waals surface area contributed by atoms with Crippen LogP contribution in [0.1, 0.15) is 30.4 Å². The molecule has 1 aromatic heterocycles. The lowest BCUT2D eigenvalue weighted by atomic mass is 10.1. The molecule has 5 heteroatoms. The second-order valence-electron chi connectivity index (χ2n) is 4.88. The number of anilines is 1. The van der Waals surface area contributed by atoms with Gasteiger partial charge in [0.1, 0.15) is 18.1 Å². The first-order valence-corrected chi connectivity index (χ1v) is 7.04. The number of ether oxygens (including phenoxy) is 1. The molecule has 0 spiro atoms. The van der Waals surface area contributed by atoms with E-state index in [0.717, 1.165) is 11.3 Å². The molecule has 0 fully saturated rings. The van der Waals surface area contributed by atoms with Gasteiger partial charge in [-0.2, -0.15) is 0 Å². The van der Waals surface area contributed by atoms with E-state index in [1.54, 1.807) is 25.1 Å². The maximum Gasteiger partial charge on any atom is 0.305 e. The highest BCUT2D eigenvalue weighted by atomic mass is 16.5. The molecule has 22 heavy (non-hydrogen) atoms. The van der Waals surface area contributed by atoms with Crippen molar-refractivity contribution in [2.24, 2.45) is 0 Å². The number of carbonyl (C=O) groups excluding carboxylic acids is 2. The zero-order valence-electron chi connectivity index (χ0n) is 12.1. The van der Waals surface area contributed by atoms with Gasteiger partial charge in [-0.25, -0.2) is 0 Å². The lowest BCUT2D eigenvalue weighted by Crippen LogP contribution is -2.03. The normalized spacial score (nSPS) is 14.8. The standard InChI is InChI=1S/C17H15NO4/c1-2-16(19)21-10-12-8-7-11(22-12)9-14-13-5-3-4-6-15(13)18-17(14)20/h3-9H,2,10H2,1H3,(H,18,20)/b14-9-. The molecule has 3 rings (SSSR count). The average Bonchev–Trinajstić information content (AvgIpc) is 3.10. The molecule has 1 amide bonds. The highest BCUT2D eigenvalue weighted by Gasteiger charge is 2.23. The molecule has 1 aromatic carbocycles. The van der Waals surface area contributed by atoms with Crippen molar-refractivity contribution in [2.45, 2.75) is 20.0 Å². The highest BCUT2D eigenvalue weighted by Crippen LogP contribution is 2.32. The quantitative estimate of drug-likeness (QED) is 0.695. The number of hydrogen-bond acceptors (Lipinski definition) is 4. The number of nitrogens with one attached hydrogen (secondary N) is 1. The van der Waals surface area contributed by atoms with E-state index in [1.165, 1.54) is 0 Å². The van der Waals surface area contributed by atoms with Crippen molar-refractivity contribution in [1.29, 1.82) is 0 Å². The Bertz CT molecular complexity index is 758. The Labute approximate surface area is 127 Å². The fourth-order valence-electron chi connectivity index (χ4n) is 2.23. The summed E-state index contributed by atoms with van der Waals surface area (Å²) in [5, 5.41) is 2.80. The van der Waals surface area contributed by atoms with Crippen molar-refractivity contribution in [2.75, 3.05) is 5.32 Å². The second-order valence-corrected chi connectivity index (χ2v) is 4.88. The van der Waals surface area contributed by atoms with Crippen LogP contribution in [0.15, 0.2) is 40.8 Å². The van der Waals surface area contributed by atoms with Gasteiger partial charge >= 0.3 is 5.97 Å². The predicted molar refractivity (Wildman–Crippen MR) is 81.7 cm³/mol. The zero-order valence-corrected chi connectivity index (χ0v) is 12.1. The van der Waals surface area contributed by atoms with Gasteiger partial charge in [-0.05, 0) is 24.3 Å². The molecule has 1 aliphatic heterocycles. The summed E-state index contributed by atoms with van der Waals surface area (Å²) >= 11 is 0. The van der Waals surface area contributed by atoms with Crippen LogP contribution in [0.25, 0.3) is 11.6 Å². The first-order valence-electron chi connectivity index (χ1n) is 7.04. The van der Waals surface area contributed by atoms with Crippen LogP contribution in [0, 0.1) is 0 Å². The minimum Gasteiger partial charge on any atom is -0.458 e. The molecule has 1 aliphatic rings. The van der Waals surface area contributed by atoms with Crippen molar-refractivity contribution in [1.82, 2.24) is 0 Å². The molecule has 0 saturated carbocycles. The molecule has 0 radical (unpaired) electrons. The molecule has 112 valence electrons. The van der Waals surface area contributed by atoms with E-state index >= 15 is 0 Å². The largest absolute Gasteiger partial charge is 0.458 e. The molecule has 5 nitrogen and oxygen atoms in total. The van der Waals surface area contributed by atoms with E-state index in [4.69, 9.17) is 9.15 Å². The minimum absolute atomic E-state index is 0.0959. The van der Waals surface area contributed by atoms with E-state index in [2.05, 4.69) is 5.32 Å². The summed E-state index contributed by atoms with van der Waals surface area (Å²) in [5.74, 6) is 0.654. The first-order chi connectivity index (χ1) is 10.7. The molecule has 0 atom stereocenters. The van der Waals surface area contributed by atoms with Gasteiger partial charge in [0.2, 0.25) is 0 Å². The molecular formula is C17H15NO4. The third-order valence-electron chi connectivity index (χ3n) is 3.34. The van der Waals surface area contributed by atoms with Crippen LogP contribution in [0.2, 0.25) is 0 Å². The van der Waals surface area contributed by atoms with E-state index in [1.807, 2.05) is 24.3 Å². The smallest absolute Gasteiger partial charge is 0.305 e. The Balaban J connectivity index is 1.80. The number of carbonyl (C=O) groups is 2. The first kappa shape index (κ1) is 14.1. The van der Waals surface area contributed by atoms with Crippen LogP contribution in [0.3, 0.4) is 0 Å². The number of amides is 1. The second kappa shape index (κ2) is 5.89. The van der Waals surface area contributed by atoms with Gasteiger partial charge in [0, 0.05) is 17.7 Å². The summed E-state index contributed by atoms with van der Waals surface area (Å²) in [4.78, 5) is 23.1. The molecule has 0 bridgehead atoms. The van der Waals surface area contributed by atoms with E-state index < -0.39 is 0 Å². The van der Waals surface area contributed by atoms with Crippen molar-refractivity contribution < 1.29 is 18.7 Å². The molecular weight excluding hydrogens is 282 g/mol. The van der Waals surface area contributed by atoms with Crippen molar-refractivity contribution in [3.05, 3.63) is 53.5 Å². The Morgan fingerprint density at radius 1 is 1.27 bits per heavy atom. The zero-order chi connectivity index (χ0) is 15.5. The summed E-state index contributed by atoms with van der Waals surface area (Å²) < 4.78 is 10.6. The number of benzene rings is 1. The lowest BCUT2D eigenvalue weighted by Gasteiger charge is -1.99. The highest BCUT2D eigenvalue weighted by molar-refractivity contribution is 6.34. The van der Waals surface area contributed by atoms with Crippen LogP contribution in [-0.4, -0.2) is 11.9 Å². The van der Waals surface area contributed by atoms with Gasteiger partial charge in [-0.3, -0.25) is 9.59 Å². The van der Waals surface area contributed by atoms with Crippen LogP contribution in [-0.2, 0) is 20.9 Å². The molecule has 1 N–H and O–H groups in total. The van der Waals surface area contributed by atoms with Crippen molar-refractivity contribution in [3.63, 3.8) is 0 Å². The van der Waals surface area contributed by atoms with Crippen molar-refractivity contribution in [3.8, 4) is 0 Å². The fourth-order valence-corrected chi connectivity index (χ4v) is 2.23. The van der Waals surface area contributed by atoms with Gasteiger partial charge in [0.15, 0.2) is 0 Å². The maximum atomic E-state index is 12.0. The molecule has 0 aliphatic carbocycles. The molecule has 0 unspecified atom stereocenters. The minimum atomic E-state index is -0.277. The van der Waals surface area contributed by atoms with Crippen LogP contribution in [0.5, 0.6) is 0 Å². The maximum absolute atomic E-state index is 12.0. The number of esters is 1.